The number of hydrogen-bond donors (Lipinski definition) is 0. The Labute approximate surface area is 131 Å². The van der Waals surface area contributed by atoms with Gasteiger partial charge in [-0.3, -0.25) is 10.1 Å². The molecule has 0 amide bonds. The van der Waals surface area contributed by atoms with E-state index in [4.69, 9.17) is 4.74 Å². The third-order valence-corrected chi connectivity index (χ3v) is 3.68. The zero-order valence-electron chi connectivity index (χ0n) is 11.9. The molecule has 0 bridgehead atoms. The molecule has 0 fully saturated rings. The standard InChI is InChI=1S/C14H12N4O3S/c1-9-5-10(8-21-2)12(6-15)14(17-9)22-13-4-3-11(7-16-13)18(19)20/h3-5,7H,8H2,1-2H3. The number of nitro groups is 1. The summed E-state index contributed by atoms with van der Waals surface area (Å²) in [4.78, 5) is 18.5. The molecule has 2 aromatic rings. The van der Waals surface area contributed by atoms with Crippen molar-refractivity contribution in [3.05, 3.63) is 51.3 Å². The second kappa shape index (κ2) is 6.98. The zero-order valence-corrected chi connectivity index (χ0v) is 12.8. The Bertz CT molecular complexity index is 741. The van der Waals surface area contributed by atoms with E-state index in [1.165, 1.54) is 30.1 Å². The molecule has 22 heavy (non-hydrogen) atoms. The molecule has 0 saturated carbocycles. The van der Waals surface area contributed by atoms with Gasteiger partial charge in [0, 0.05) is 24.4 Å². The smallest absolute Gasteiger partial charge is 0.287 e. The largest absolute Gasteiger partial charge is 0.380 e. The lowest BCUT2D eigenvalue weighted by atomic mass is 10.1. The zero-order chi connectivity index (χ0) is 16.1. The van der Waals surface area contributed by atoms with Crippen LogP contribution in [0.15, 0.2) is 34.4 Å². The fourth-order valence-electron chi connectivity index (χ4n) is 1.81. The summed E-state index contributed by atoms with van der Waals surface area (Å²) < 4.78 is 5.09. The second-order valence-corrected chi connectivity index (χ2v) is 5.37. The van der Waals surface area contributed by atoms with Crippen LogP contribution in [0.4, 0.5) is 5.69 Å². The predicted molar refractivity (Wildman–Crippen MR) is 79.4 cm³/mol. The minimum Gasteiger partial charge on any atom is -0.380 e. The van der Waals surface area contributed by atoms with Crippen molar-refractivity contribution < 1.29 is 9.66 Å². The molecule has 0 spiro atoms. The van der Waals surface area contributed by atoms with E-state index in [0.717, 1.165) is 11.3 Å². The lowest BCUT2D eigenvalue weighted by Crippen LogP contribution is -1.99. The summed E-state index contributed by atoms with van der Waals surface area (Å²) in [5, 5.41) is 21.0. The van der Waals surface area contributed by atoms with Gasteiger partial charge >= 0.3 is 0 Å². The van der Waals surface area contributed by atoms with Crippen molar-refractivity contribution in [3.8, 4) is 6.07 Å². The summed E-state index contributed by atoms with van der Waals surface area (Å²) in [6.07, 6.45) is 1.18. The molecule has 0 radical (unpaired) electrons. The van der Waals surface area contributed by atoms with Gasteiger partial charge in [0.25, 0.3) is 5.69 Å². The van der Waals surface area contributed by atoms with Crippen LogP contribution in [0.5, 0.6) is 0 Å². The topological polar surface area (TPSA) is 102 Å². The van der Waals surface area contributed by atoms with Crippen molar-refractivity contribution in [2.45, 2.75) is 23.6 Å². The molecule has 112 valence electrons. The molecule has 0 unspecified atom stereocenters. The summed E-state index contributed by atoms with van der Waals surface area (Å²) in [6, 6.07) is 6.83. The third-order valence-electron chi connectivity index (χ3n) is 2.74. The van der Waals surface area contributed by atoms with E-state index in [1.807, 2.05) is 6.92 Å². The van der Waals surface area contributed by atoms with Crippen molar-refractivity contribution >= 4 is 17.4 Å². The van der Waals surface area contributed by atoms with Gasteiger partial charge in [0.1, 0.15) is 22.3 Å². The molecular formula is C14H12N4O3S. The molecule has 0 saturated heterocycles. The van der Waals surface area contributed by atoms with E-state index in [1.54, 1.807) is 13.2 Å². The number of aryl methyl sites for hydroxylation is 1. The molecule has 0 N–H and O–H groups in total. The first-order valence-electron chi connectivity index (χ1n) is 6.23. The van der Waals surface area contributed by atoms with E-state index in [0.29, 0.717) is 22.2 Å². The number of aromatic nitrogens is 2. The van der Waals surface area contributed by atoms with Gasteiger partial charge in [0.05, 0.1) is 17.1 Å². The van der Waals surface area contributed by atoms with E-state index in [2.05, 4.69) is 16.0 Å². The van der Waals surface area contributed by atoms with Crippen molar-refractivity contribution in [1.29, 1.82) is 5.26 Å². The molecule has 8 heteroatoms. The van der Waals surface area contributed by atoms with Gasteiger partial charge in [-0.15, -0.1) is 0 Å². The number of nitrogens with zero attached hydrogens (tertiary/aromatic N) is 4. The lowest BCUT2D eigenvalue weighted by Gasteiger charge is -2.09. The summed E-state index contributed by atoms with van der Waals surface area (Å²) in [5.41, 5.74) is 1.86. The third kappa shape index (κ3) is 3.58. The van der Waals surface area contributed by atoms with Gasteiger partial charge in [0.2, 0.25) is 0 Å². The fraction of sp³-hybridized carbons (Fsp3) is 0.214. The molecule has 2 aromatic heterocycles. The maximum Gasteiger partial charge on any atom is 0.287 e. The summed E-state index contributed by atoms with van der Waals surface area (Å²) in [6.45, 7) is 2.14. The quantitative estimate of drug-likeness (QED) is 0.617. The maximum absolute atomic E-state index is 10.6. The number of nitriles is 1. The highest BCUT2D eigenvalue weighted by Gasteiger charge is 2.14. The summed E-state index contributed by atoms with van der Waals surface area (Å²) >= 11 is 1.19. The van der Waals surface area contributed by atoms with Gasteiger partial charge in [-0.05, 0) is 30.8 Å². The molecule has 0 aliphatic heterocycles. The highest BCUT2D eigenvalue weighted by atomic mass is 32.2. The van der Waals surface area contributed by atoms with E-state index < -0.39 is 4.92 Å². The van der Waals surface area contributed by atoms with Gasteiger partial charge < -0.3 is 4.74 Å². The Balaban J connectivity index is 2.36. The molecule has 0 aliphatic rings. The van der Waals surface area contributed by atoms with Crippen LogP contribution >= 0.6 is 11.8 Å². The van der Waals surface area contributed by atoms with Gasteiger partial charge in [0.15, 0.2) is 0 Å². The van der Waals surface area contributed by atoms with Gasteiger partial charge in [-0.2, -0.15) is 5.26 Å². The number of ether oxygens (including phenoxy) is 1. The van der Waals surface area contributed by atoms with E-state index >= 15 is 0 Å². The first-order valence-corrected chi connectivity index (χ1v) is 7.04. The van der Waals surface area contributed by atoms with Crippen molar-refractivity contribution in [1.82, 2.24) is 9.97 Å². The van der Waals surface area contributed by atoms with E-state index in [-0.39, 0.29) is 5.69 Å². The monoisotopic (exact) mass is 316 g/mol. The number of methoxy groups -OCH3 is 1. The predicted octanol–water partition coefficient (Wildman–Crippen LogP) is 2.86. The van der Waals surface area contributed by atoms with Gasteiger partial charge in [-0.1, -0.05) is 0 Å². The Hall–Kier alpha value is -2.50. The Kier molecular flexibility index (Phi) is 5.04. The molecule has 7 nitrogen and oxygen atoms in total. The fourth-order valence-corrected chi connectivity index (χ4v) is 2.72. The SMILES string of the molecule is COCc1cc(C)nc(Sc2ccc([N+](=O)[O-])cn2)c1C#N. The second-order valence-electron chi connectivity index (χ2n) is 4.36. The van der Waals surface area contributed by atoms with Crippen LogP contribution < -0.4 is 0 Å². The lowest BCUT2D eigenvalue weighted by molar-refractivity contribution is -0.385. The number of rotatable bonds is 5. The Morgan fingerprint density at radius 3 is 2.82 bits per heavy atom. The minimum atomic E-state index is -0.510. The first kappa shape index (κ1) is 15.9. The number of hydrogen-bond acceptors (Lipinski definition) is 7. The summed E-state index contributed by atoms with van der Waals surface area (Å²) in [5.74, 6) is 0. The molecule has 2 heterocycles. The number of pyridine rings is 2. The van der Waals surface area contributed by atoms with Crippen LogP contribution in [0, 0.1) is 28.4 Å². The Morgan fingerprint density at radius 1 is 1.50 bits per heavy atom. The molecule has 0 atom stereocenters. The maximum atomic E-state index is 10.6. The minimum absolute atomic E-state index is 0.0814. The van der Waals surface area contributed by atoms with Crippen LogP contribution in [0.2, 0.25) is 0 Å². The van der Waals surface area contributed by atoms with Crippen LogP contribution in [0.3, 0.4) is 0 Å². The molecule has 0 aromatic carbocycles. The normalized spacial score (nSPS) is 10.2. The average Bonchev–Trinajstić information content (AvgIpc) is 2.48. The van der Waals surface area contributed by atoms with Crippen molar-refractivity contribution in [3.63, 3.8) is 0 Å². The highest BCUT2D eigenvalue weighted by Crippen LogP contribution is 2.30. The van der Waals surface area contributed by atoms with Gasteiger partial charge in [-0.25, -0.2) is 9.97 Å². The molecule has 0 aliphatic carbocycles. The highest BCUT2D eigenvalue weighted by molar-refractivity contribution is 7.99. The molecular weight excluding hydrogens is 304 g/mol. The average molecular weight is 316 g/mol. The van der Waals surface area contributed by atoms with Crippen LogP contribution in [0.25, 0.3) is 0 Å². The van der Waals surface area contributed by atoms with Crippen molar-refractivity contribution in [2.75, 3.05) is 7.11 Å². The van der Waals surface area contributed by atoms with Crippen molar-refractivity contribution in [2.24, 2.45) is 0 Å². The Morgan fingerprint density at radius 2 is 2.27 bits per heavy atom. The van der Waals surface area contributed by atoms with Crippen LogP contribution in [-0.2, 0) is 11.3 Å². The van der Waals surface area contributed by atoms with E-state index in [9.17, 15) is 15.4 Å². The van der Waals surface area contributed by atoms with Crippen LogP contribution in [-0.4, -0.2) is 22.0 Å². The molecule has 2 rings (SSSR count). The first-order chi connectivity index (χ1) is 10.5. The van der Waals surface area contributed by atoms with Crippen LogP contribution in [0.1, 0.15) is 16.8 Å². The summed E-state index contributed by atoms with van der Waals surface area (Å²) in [7, 11) is 1.56.